The molecule has 0 amide bonds. The third-order valence-corrected chi connectivity index (χ3v) is 2.85. The molecule has 0 aliphatic carbocycles. The average Bonchev–Trinajstić information content (AvgIpc) is 2.24. The van der Waals surface area contributed by atoms with Crippen molar-refractivity contribution >= 4 is 0 Å². The monoisotopic (exact) mass is 189 g/mol. The Hall–Kier alpha value is -0.150. The van der Waals surface area contributed by atoms with Crippen LogP contribution in [0.4, 0.5) is 4.39 Å². The fourth-order valence-electron chi connectivity index (χ4n) is 2.29. The number of nitrogens with zero attached hydrogens (tertiary/aromatic N) is 1. The molecule has 2 unspecified atom stereocenters. The first-order valence-corrected chi connectivity index (χ1v) is 4.95. The van der Waals surface area contributed by atoms with Crippen LogP contribution >= 0.6 is 0 Å². The lowest BCUT2D eigenvalue weighted by Gasteiger charge is -2.32. The first-order valence-electron chi connectivity index (χ1n) is 4.95. The summed E-state index contributed by atoms with van der Waals surface area (Å²) in [7, 11) is 0. The molecule has 0 aromatic carbocycles. The van der Waals surface area contributed by atoms with Gasteiger partial charge in [0.15, 0.2) is 0 Å². The van der Waals surface area contributed by atoms with E-state index in [1.165, 1.54) is 0 Å². The second-order valence-electron chi connectivity index (χ2n) is 4.83. The zero-order valence-corrected chi connectivity index (χ0v) is 8.76. The maximum absolute atomic E-state index is 12.1. The second-order valence-corrected chi connectivity index (χ2v) is 4.83. The molecule has 13 heavy (non-hydrogen) atoms. The number of aliphatic hydroxyl groups is 1. The van der Waals surface area contributed by atoms with Crippen LogP contribution < -0.4 is 0 Å². The molecule has 0 aromatic rings. The summed E-state index contributed by atoms with van der Waals surface area (Å²) in [5, 5.41) is 9.22. The van der Waals surface area contributed by atoms with E-state index in [-0.39, 0.29) is 5.54 Å². The van der Waals surface area contributed by atoms with Crippen LogP contribution in [0.15, 0.2) is 0 Å². The van der Waals surface area contributed by atoms with Crippen molar-refractivity contribution in [3.63, 3.8) is 0 Å². The number of hydrogen-bond acceptors (Lipinski definition) is 2. The van der Waals surface area contributed by atoms with Gasteiger partial charge in [-0.3, -0.25) is 4.90 Å². The molecule has 1 fully saturated rings. The zero-order valence-electron chi connectivity index (χ0n) is 8.76. The van der Waals surface area contributed by atoms with Crippen molar-refractivity contribution in [2.75, 3.05) is 19.8 Å². The van der Waals surface area contributed by atoms with Crippen molar-refractivity contribution in [2.45, 2.75) is 38.8 Å². The van der Waals surface area contributed by atoms with E-state index in [9.17, 15) is 9.50 Å². The molecule has 2 nitrogen and oxygen atoms in total. The molecular weight excluding hydrogens is 169 g/mol. The third-order valence-electron chi connectivity index (χ3n) is 2.85. The lowest BCUT2D eigenvalue weighted by atomic mass is 9.97. The molecule has 0 spiro atoms. The number of alkyl halides is 1. The van der Waals surface area contributed by atoms with Crippen molar-refractivity contribution in [1.29, 1.82) is 0 Å². The summed E-state index contributed by atoms with van der Waals surface area (Å²) in [5.41, 5.74) is 0.121. The van der Waals surface area contributed by atoms with E-state index in [0.29, 0.717) is 12.5 Å². The Bertz CT molecular complexity index is 172. The Labute approximate surface area is 79.7 Å². The van der Waals surface area contributed by atoms with Gasteiger partial charge < -0.3 is 5.11 Å². The molecule has 1 N–H and O–H groups in total. The van der Waals surface area contributed by atoms with Gasteiger partial charge in [0.05, 0.1) is 6.10 Å². The molecule has 78 valence electrons. The van der Waals surface area contributed by atoms with Crippen molar-refractivity contribution in [2.24, 2.45) is 5.92 Å². The van der Waals surface area contributed by atoms with Crippen molar-refractivity contribution in [3.05, 3.63) is 0 Å². The molecule has 3 heteroatoms. The highest BCUT2D eigenvalue weighted by atomic mass is 19.1. The molecule has 0 saturated carbocycles. The Balaban J connectivity index is 2.50. The molecule has 0 aromatic heterocycles. The van der Waals surface area contributed by atoms with Crippen LogP contribution in [-0.2, 0) is 0 Å². The summed E-state index contributed by atoms with van der Waals surface area (Å²) in [6.07, 6.45) is 0.316. The number of hydrogen-bond donors (Lipinski definition) is 1. The second kappa shape index (κ2) is 3.93. The largest absolute Gasteiger partial charge is 0.389 e. The van der Waals surface area contributed by atoms with E-state index < -0.39 is 12.8 Å². The summed E-state index contributed by atoms with van der Waals surface area (Å²) in [6.45, 7) is 7.31. The van der Waals surface area contributed by atoms with Crippen LogP contribution in [0, 0.1) is 5.92 Å². The molecule has 1 heterocycles. The van der Waals surface area contributed by atoms with E-state index in [2.05, 4.69) is 25.7 Å². The highest BCUT2D eigenvalue weighted by molar-refractivity contribution is 4.91. The van der Waals surface area contributed by atoms with Crippen LogP contribution in [-0.4, -0.2) is 41.4 Å². The normalized spacial score (nSPS) is 30.7. The Morgan fingerprint density at radius 1 is 1.62 bits per heavy atom. The van der Waals surface area contributed by atoms with Gasteiger partial charge in [-0.1, -0.05) is 6.92 Å². The predicted octanol–water partition coefficient (Wildman–Crippen LogP) is 1.44. The summed E-state index contributed by atoms with van der Waals surface area (Å²) in [5.74, 6) is 0.654. The van der Waals surface area contributed by atoms with E-state index >= 15 is 0 Å². The highest BCUT2D eigenvalue weighted by Crippen LogP contribution is 2.32. The third kappa shape index (κ3) is 2.64. The molecule has 0 radical (unpaired) electrons. The summed E-state index contributed by atoms with van der Waals surface area (Å²) >= 11 is 0. The van der Waals surface area contributed by atoms with Crippen molar-refractivity contribution in [3.8, 4) is 0 Å². The Morgan fingerprint density at radius 2 is 2.23 bits per heavy atom. The van der Waals surface area contributed by atoms with Gasteiger partial charge in [-0.2, -0.15) is 0 Å². The minimum atomic E-state index is -0.815. The summed E-state index contributed by atoms with van der Waals surface area (Å²) < 4.78 is 12.1. The molecule has 1 saturated heterocycles. The quantitative estimate of drug-likeness (QED) is 0.726. The lowest BCUT2D eigenvalue weighted by Crippen LogP contribution is -2.43. The van der Waals surface area contributed by atoms with E-state index in [1.807, 2.05) is 0 Å². The minimum Gasteiger partial charge on any atom is -0.389 e. The smallest absolute Gasteiger partial charge is 0.117 e. The maximum Gasteiger partial charge on any atom is 0.117 e. The van der Waals surface area contributed by atoms with Gasteiger partial charge in [-0.05, 0) is 26.2 Å². The molecule has 1 aliphatic heterocycles. The summed E-state index contributed by atoms with van der Waals surface area (Å²) in [4.78, 5) is 2.18. The van der Waals surface area contributed by atoms with Gasteiger partial charge >= 0.3 is 0 Å². The van der Waals surface area contributed by atoms with Crippen LogP contribution in [0.25, 0.3) is 0 Å². The van der Waals surface area contributed by atoms with E-state index in [4.69, 9.17) is 0 Å². The fourth-order valence-corrected chi connectivity index (χ4v) is 2.29. The number of β-amino-alcohol motifs (C(OH)–C–C–N with tert-alkyl or cyclic N) is 1. The standard InChI is InChI=1S/C10H20FNO/c1-8-4-10(2,3)12(6-8)7-9(13)5-11/h8-9,13H,4-7H2,1-3H3. The molecule has 2 atom stereocenters. The highest BCUT2D eigenvalue weighted by Gasteiger charge is 2.36. The van der Waals surface area contributed by atoms with Crippen LogP contribution in [0.3, 0.4) is 0 Å². The first-order chi connectivity index (χ1) is 5.95. The number of rotatable bonds is 3. The Kier molecular flexibility index (Phi) is 3.30. The van der Waals surface area contributed by atoms with Gasteiger partial charge in [0, 0.05) is 18.6 Å². The van der Waals surface area contributed by atoms with Crippen molar-refractivity contribution < 1.29 is 9.50 Å². The topological polar surface area (TPSA) is 23.5 Å². The Morgan fingerprint density at radius 3 is 2.62 bits per heavy atom. The van der Waals surface area contributed by atoms with E-state index in [1.54, 1.807) is 0 Å². The van der Waals surface area contributed by atoms with Gasteiger partial charge in [-0.15, -0.1) is 0 Å². The maximum atomic E-state index is 12.1. The fraction of sp³-hybridized carbons (Fsp3) is 1.00. The van der Waals surface area contributed by atoms with Crippen LogP contribution in [0.1, 0.15) is 27.2 Å². The van der Waals surface area contributed by atoms with Gasteiger partial charge in [-0.25, -0.2) is 4.39 Å². The average molecular weight is 189 g/mol. The lowest BCUT2D eigenvalue weighted by molar-refractivity contribution is 0.0617. The molecule has 0 bridgehead atoms. The number of aliphatic hydroxyl groups excluding tert-OH is 1. The number of halogens is 1. The van der Waals surface area contributed by atoms with Crippen molar-refractivity contribution in [1.82, 2.24) is 4.90 Å². The van der Waals surface area contributed by atoms with Crippen LogP contribution in [0.2, 0.25) is 0 Å². The zero-order chi connectivity index (χ0) is 10.1. The van der Waals surface area contributed by atoms with Gasteiger partial charge in [0.2, 0.25) is 0 Å². The number of likely N-dealkylation sites (tertiary alicyclic amines) is 1. The van der Waals surface area contributed by atoms with Gasteiger partial charge in [0.1, 0.15) is 6.67 Å². The van der Waals surface area contributed by atoms with Gasteiger partial charge in [0.25, 0.3) is 0 Å². The van der Waals surface area contributed by atoms with E-state index in [0.717, 1.165) is 13.0 Å². The van der Waals surface area contributed by atoms with Crippen LogP contribution in [0.5, 0.6) is 0 Å². The summed E-state index contributed by atoms with van der Waals surface area (Å²) in [6, 6.07) is 0. The predicted molar refractivity (Wildman–Crippen MR) is 51.4 cm³/mol. The molecular formula is C10H20FNO. The molecule has 1 aliphatic rings. The SMILES string of the molecule is CC1CN(CC(O)CF)C(C)(C)C1. The minimum absolute atomic E-state index is 0.121. The molecule has 1 rings (SSSR count). The first kappa shape index (κ1) is 10.9.